The molecule has 0 spiro atoms. The lowest BCUT2D eigenvalue weighted by molar-refractivity contribution is -0.384. The van der Waals surface area contributed by atoms with Crippen LogP contribution in [0.1, 0.15) is 21.5 Å². The molecule has 2 aromatic carbocycles. The highest BCUT2D eigenvalue weighted by atomic mass is 79.9. The van der Waals surface area contributed by atoms with E-state index in [9.17, 15) is 14.9 Å². The Morgan fingerprint density at radius 1 is 1.24 bits per heavy atom. The fourth-order valence-corrected chi connectivity index (χ4v) is 2.16. The second-order valence-corrected chi connectivity index (χ2v) is 5.48. The Morgan fingerprint density at radius 3 is 2.48 bits per heavy atom. The average Bonchev–Trinajstić information content (AvgIpc) is 2.46. The van der Waals surface area contributed by atoms with Crippen LogP contribution in [-0.2, 0) is 6.54 Å². The smallest absolute Gasteiger partial charge is 0.269 e. The number of halogens is 1. The van der Waals surface area contributed by atoms with Crippen LogP contribution in [0, 0.1) is 17.0 Å². The molecular formula is C15H13BrN2O3. The topological polar surface area (TPSA) is 72.2 Å². The third kappa shape index (κ3) is 3.88. The number of amides is 1. The molecule has 0 aliphatic rings. The van der Waals surface area contributed by atoms with E-state index in [4.69, 9.17) is 0 Å². The van der Waals surface area contributed by atoms with Crippen molar-refractivity contribution in [2.75, 3.05) is 0 Å². The number of non-ortho nitro benzene ring substituents is 1. The summed E-state index contributed by atoms with van der Waals surface area (Å²) in [4.78, 5) is 22.3. The lowest BCUT2D eigenvalue weighted by atomic mass is 10.1. The number of aryl methyl sites for hydroxylation is 1. The summed E-state index contributed by atoms with van der Waals surface area (Å²) in [7, 11) is 0. The summed E-state index contributed by atoms with van der Waals surface area (Å²) < 4.78 is 0.976. The normalized spacial score (nSPS) is 10.2. The van der Waals surface area contributed by atoms with Gasteiger partial charge in [0.05, 0.1) is 4.92 Å². The maximum atomic E-state index is 12.1. The Labute approximate surface area is 130 Å². The van der Waals surface area contributed by atoms with Crippen molar-refractivity contribution >= 4 is 27.5 Å². The van der Waals surface area contributed by atoms with Crippen molar-refractivity contribution in [1.82, 2.24) is 5.32 Å². The maximum absolute atomic E-state index is 12.1. The molecule has 0 radical (unpaired) electrons. The lowest BCUT2D eigenvalue weighted by Crippen LogP contribution is -2.23. The predicted molar refractivity (Wildman–Crippen MR) is 83.1 cm³/mol. The molecule has 0 saturated carbocycles. The van der Waals surface area contributed by atoms with Gasteiger partial charge in [0.25, 0.3) is 11.6 Å². The van der Waals surface area contributed by atoms with Crippen LogP contribution in [0.25, 0.3) is 0 Å². The van der Waals surface area contributed by atoms with E-state index < -0.39 is 4.92 Å². The number of rotatable bonds is 4. The van der Waals surface area contributed by atoms with E-state index >= 15 is 0 Å². The third-order valence-electron chi connectivity index (χ3n) is 3.03. The summed E-state index contributed by atoms with van der Waals surface area (Å²) in [6.07, 6.45) is 0. The van der Waals surface area contributed by atoms with Crippen LogP contribution in [0.3, 0.4) is 0 Å². The fraction of sp³-hybridized carbons (Fsp3) is 0.133. The second kappa shape index (κ2) is 6.49. The molecule has 0 saturated heterocycles. The number of carbonyl (C=O) groups is 1. The first-order valence-electron chi connectivity index (χ1n) is 6.25. The van der Waals surface area contributed by atoms with Crippen LogP contribution in [0.2, 0.25) is 0 Å². The second-order valence-electron chi connectivity index (χ2n) is 4.57. The zero-order chi connectivity index (χ0) is 15.4. The SMILES string of the molecule is Cc1cc([N+](=O)[O-])ccc1C(=O)NCc1ccc(Br)cc1. The minimum Gasteiger partial charge on any atom is -0.348 e. The average molecular weight is 349 g/mol. The monoisotopic (exact) mass is 348 g/mol. The van der Waals surface area contributed by atoms with Gasteiger partial charge in [-0.1, -0.05) is 28.1 Å². The number of nitro benzene ring substituents is 1. The number of nitro groups is 1. The van der Waals surface area contributed by atoms with Crippen LogP contribution in [0.15, 0.2) is 46.9 Å². The largest absolute Gasteiger partial charge is 0.348 e. The number of hydrogen-bond donors (Lipinski definition) is 1. The molecule has 0 atom stereocenters. The zero-order valence-electron chi connectivity index (χ0n) is 11.3. The molecule has 2 rings (SSSR count). The van der Waals surface area contributed by atoms with Gasteiger partial charge >= 0.3 is 0 Å². The van der Waals surface area contributed by atoms with Crippen molar-refractivity contribution in [3.63, 3.8) is 0 Å². The molecule has 1 amide bonds. The highest BCUT2D eigenvalue weighted by Crippen LogP contribution is 2.17. The molecule has 5 nitrogen and oxygen atoms in total. The number of nitrogens with zero attached hydrogens (tertiary/aromatic N) is 1. The molecule has 0 aliphatic heterocycles. The summed E-state index contributed by atoms with van der Waals surface area (Å²) in [5.74, 6) is -0.245. The van der Waals surface area contributed by atoms with Gasteiger partial charge in [-0.15, -0.1) is 0 Å². The minimum atomic E-state index is -0.476. The molecule has 1 N–H and O–H groups in total. The molecule has 2 aromatic rings. The number of hydrogen-bond acceptors (Lipinski definition) is 3. The first-order valence-corrected chi connectivity index (χ1v) is 7.04. The Bertz CT molecular complexity index is 684. The Balaban J connectivity index is 2.06. The standard InChI is InChI=1S/C15H13BrN2O3/c1-10-8-13(18(20)21)6-7-14(10)15(19)17-9-11-2-4-12(16)5-3-11/h2-8H,9H2,1H3,(H,17,19). The molecule has 0 aromatic heterocycles. The van der Waals surface area contributed by atoms with Crippen molar-refractivity contribution < 1.29 is 9.72 Å². The molecule has 0 heterocycles. The van der Waals surface area contributed by atoms with Gasteiger partial charge in [-0.05, 0) is 36.2 Å². The first-order chi connectivity index (χ1) is 9.97. The molecular weight excluding hydrogens is 336 g/mol. The predicted octanol–water partition coefficient (Wildman–Crippen LogP) is 3.60. The van der Waals surface area contributed by atoms with Crippen molar-refractivity contribution in [2.45, 2.75) is 13.5 Å². The first kappa shape index (κ1) is 15.2. The van der Waals surface area contributed by atoms with E-state index in [0.29, 0.717) is 17.7 Å². The van der Waals surface area contributed by atoms with Crippen LogP contribution in [0.4, 0.5) is 5.69 Å². The van der Waals surface area contributed by atoms with Gasteiger partial charge in [-0.3, -0.25) is 14.9 Å². The van der Waals surface area contributed by atoms with Gasteiger partial charge in [0.15, 0.2) is 0 Å². The van der Waals surface area contributed by atoms with Crippen LogP contribution < -0.4 is 5.32 Å². The quantitative estimate of drug-likeness (QED) is 0.677. The third-order valence-corrected chi connectivity index (χ3v) is 3.56. The number of nitrogens with one attached hydrogen (secondary N) is 1. The van der Waals surface area contributed by atoms with E-state index in [0.717, 1.165) is 10.0 Å². The van der Waals surface area contributed by atoms with Gasteiger partial charge in [-0.2, -0.15) is 0 Å². The summed E-state index contributed by atoms with van der Waals surface area (Å²) in [5.41, 5.74) is 1.98. The molecule has 0 fully saturated rings. The number of carbonyl (C=O) groups excluding carboxylic acids is 1. The van der Waals surface area contributed by atoms with E-state index in [1.54, 1.807) is 6.92 Å². The molecule has 21 heavy (non-hydrogen) atoms. The van der Waals surface area contributed by atoms with Crippen LogP contribution >= 0.6 is 15.9 Å². The van der Waals surface area contributed by atoms with Gasteiger partial charge in [0, 0.05) is 28.7 Å². The summed E-state index contributed by atoms with van der Waals surface area (Å²) in [5, 5.41) is 13.5. The maximum Gasteiger partial charge on any atom is 0.269 e. The van der Waals surface area contributed by atoms with Gasteiger partial charge in [-0.25, -0.2) is 0 Å². The highest BCUT2D eigenvalue weighted by molar-refractivity contribution is 9.10. The Kier molecular flexibility index (Phi) is 4.70. The van der Waals surface area contributed by atoms with Crippen LogP contribution in [-0.4, -0.2) is 10.8 Å². The molecule has 108 valence electrons. The van der Waals surface area contributed by atoms with E-state index in [1.165, 1.54) is 18.2 Å². The fourth-order valence-electron chi connectivity index (χ4n) is 1.90. The lowest BCUT2D eigenvalue weighted by Gasteiger charge is -2.08. The molecule has 6 heteroatoms. The van der Waals surface area contributed by atoms with Crippen molar-refractivity contribution in [3.8, 4) is 0 Å². The van der Waals surface area contributed by atoms with Crippen LogP contribution in [0.5, 0.6) is 0 Å². The Morgan fingerprint density at radius 2 is 1.90 bits per heavy atom. The minimum absolute atomic E-state index is 0.0167. The van der Waals surface area contributed by atoms with Gasteiger partial charge < -0.3 is 5.32 Å². The van der Waals surface area contributed by atoms with Gasteiger partial charge in [0.2, 0.25) is 0 Å². The van der Waals surface area contributed by atoms with Gasteiger partial charge in [0.1, 0.15) is 0 Å². The van der Waals surface area contributed by atoms with Crippen molar-refractivity contribution in [2.24, 2.45) is 0 Å². The number of benzene rings is 2. The van der Waals surface area contributed by atoms with Crippen molar-refractivity contribution in [1.29, 1.82) is 0 Å². The van der Waals surface area contributed by atoms with E-state index in [-0.39, 0.29) is 11.6 Å². The molecule has 0 unspecified atom stereocenters. The summed E-state index contributed by atoms with van der Waals surface area (Å²) >= 11 is 3.35. The summed E-state index contributed by atoms with van der Waals surface area (Å²) in [6.45, 7) is 2.09. The molecule has 0 bridgehead atoms. The molecule has 0 aliphatic carbocycles. The summed E-state index contributed by atoms with van der Waals surface area (Å²) in [6, 6.07) is 11.8. The highest BCUT2D eigenvalue weighted by Gasteiger charge is 2.13. The van der Waals surface area contributed by atoms with E-state index in [1.807, 2.05) is 24.3 Å². The zero-order valence-corrected chi connectivity index (χ0v) is 12.9. The van der Waals surface area contributed by atoms with Crippen molar-refractivity contribution in [3.05, 3.63) is 73.7 Å². The Hall–Kier alpha value is -2.21. The van der Waals surface area contributed by atoms with E-state index in [2.05, 4.69) is 21.2 Å².